The summed E-state index contributed by atoms with van der Waals surface area (Å²) in [6.07, 6.45) is 7.97. The number of carbonyl (C=O) groups is 2. The molecule has 4 rings (SSSR count). The Hall–Kier alpha value is -1.85. The first-order valence-corrected chi connectivity index (χ1v) is 7.76. The zero-order valence-electron chi connectivity index (χ0n) is 12.3. The fourth-order valence-corrected chi connectivity index (χ4v) is 4.24. The first-order valence-electron chi connectivity index (χ1n) is 7.76. The minimum atomic E-state index is -0.550. The van der Waals surface area contributed by atoms with Crippen molar-refractivity contribution < 1.29 is 9.59 Å². The van der Waals surface area contributed by atoms with E-state index < -0.39 is 5.54 Å². The van der Waals surface area contributed by atoms with Crippen molar-refractivity contribution in [3.8, 4) is 0 Å². The Labute approximate surface area is 123 Å². The number of aromatic nitrogens is 2. The molecule has 0 radical (unpaired) electrons. The number of fused-ring (bicyclic) bond motifs is 1. The standard InChI is InChI=1S/C15H20N4O2/c1-18-14(21)19(13(20)15(18)6-2-3-7-15)11-5-4-10-9-16-17-12(10)8-11/h9,11H,2-8H2,1H3,(H,16,17). The third kappa shape index (κ3) is 1.61. The van der Waals surface area contributed by atoms with E-state index in [0.717, 1.165) is 44.2 Å². The Morgan fingerprint density at radius 2 is 2.10 bits per heavy atom. The maximum Gasteiger partial charge on any atom is 0.327 e. The molecule has 2 heterocycles. The highest BCUT2D eigenvalue weighted by atomic mass is 16.2. The summed E-state index contributed by atoms with van der Waals surface area (Å²) in [5.74, 6) is 0.0282. The van der Waals surface area contributed by atoms with Crippen LogP contribution in [0, 0.1) is 0 Å². The van der Waals surface area contributed by atoms with Crippen molar-refractivity contribution in [1.82, 2.24) is 20.0 Å². The van der Waals surface area contributed by atoms with E-state index in [1.165, 1.54) is 10.5 Å². The summed E-state index contributed by atoms with van der Waals surface area (Å²) in [7, 11) is 1.79. The first-order chi connectivity index (χ1) is 10.1. The van der Waals surface area contributed by atoms with Crippen LogP contribution < -0.4 is 0 Å². The van der Waals surface area contributed by atoms with Crippen LogP contribution in [0.5, 0.6) is 0 Å². The van der Waals surface area contributed by atoms with Crippen LogP contribution in [-0.2, 0) is 17.6 Å². The smallest absolute Gasteiger partial charge is 0.313 e. The lowest BCUT2D eigenvalue weighted by Crippen LogP contribution is -2.47. The molecule has 21 heavy (non-hydrogen) atoms. The van der Waals surface area contributed by atoms with Crippen LogP contribution in [0.2, 0.25) is 0 Å². The number of rotatable bonds is 1. The number of H-pyrrole nitrogens is 1. The van der Waals surface area contributed by atoms with Gasteiger partial charge in [0, 0.05) is 25.2 Å². The Morgan fingerprint density at radius 1 is 1.33 bits per heavy atom. The average molecular weight is 288 g/mol. The Balaban J connectivity index is 1.64. The molecule has 0 bridgehead atoms. The number of urea groups is 1. The summed E-state index contributed by atoms with van der Waals surface area (Å²) >= 11 is 0. The van der Waals surface area contributed by atoms with Gasteiger partial charge in [-0.15, -0.1) is 0 Å². The molecule has 1 unspecified atom stereocenters. The van der Waals surface area contributed by atoms with E-state index >= 15 is 0 Å². The number of nitrogens with one attached hydrogen (secondary N) is 1. The normalized spacial score (nSPS) is 27.8. The lowest BCUT2D eigenvalue weighted by atomic mass is 9.91. The highest BCUT2D eigenvalue weighted by Gasteiger charge is 2.58. The molecule has 112 valence electrons. The van der Waals surface area contributed by atoms with Crippen molar-refractivity contribution in [2.75, 3.05) is 7.05 Å². The monoisotopic (exact) mass is 288 g/mol. The number of likely N-dealkylation sites (N-methyl/N-ethyl adjacent to an activating group) is 1. The van der Waals surface area contributed by atoms with E-state index in [0.29, 0.717) is 6.42 Å². The molecule has 1 atom stereocenters. The second-order valence-electron chi connectivity index (χ2n) is 6.53. The fraction of sp³-hybridized carbons (Fsp3) is 0.667. The van der Waals surface area contributed by atoms with E-state index in [-0.39, 0.29) is 18.0 Å². The molecular weight excluding hydrogens is 268 g/mol. The second kappa shape index (κ2) is 4.32. The van der Waals surface area contributed by atoms with E-state index in [4.69, 9.17) is 0 Å². The third-order valence-electron chi connectivity index (χ3n) is 5.54. The minimum absolute atomic E-state index is 0.0274. The van der Waals surface area contributed by atoms with Crippen molar-refractivity contribution in [2.45, 2.75) is 56.5 Å². The van der Waals surface area contributed by atoms with Crippen LogP contribution in [0.1, 0.15) is 43.4 Å². The molecule has 1 aliphatic heterocycles. The van der Waals surface area contributed by atoms with Crippen LogP contribution in [0.15, 0.2) is 6.20 Å². The summed E-state index contributed by atoms with van der Waals surface area (Å²) < 4.78 is 0. The van der Waals surface area contributed by atoms with Gasteiger partial charge in [-0.05, 0) is 31.2 Å². The van der Waals surface area contributed by atoms with E-state index in [9.17, 15) is 9.59 Å². The third-order valence-corrected chi connectivity index (χ3v) is 5.54. The second-order valence-corrected chi connectivity index (χ2v) is 6.53. The Morgan fingerprint density at radius 3 is 2.86 bits per heavy atom. The average Bonchev–Trinajstić information content (AvgIpc) is 3.18. The molecule has 1 aromatic heterocycles. The van der Waals surface area contributed by atoms with Crippen LogP contribution >= 0.6 is 0 Å². The van der Waals surface area contributed by atoms with Gasteiger partial charge in [0.15, 0.2) is 0 Å². The van der Waals surface area contributed by atoms with Crippen LogP contribution in [0.4, 0.5) is 4.79 Å². The largest absolute Gasteiger partial charge is 0.327 e. The molecule has 1 spiro atoms. The Bertz CT molecular complexity index is 603. The van der Waals surface area contributed by atoms with Gasteiger partial charge in [-0.1, -0.05) is 12.8 Å². The molecule has 0 aromatic carbocycles. The van der Waals surface area contributed by atoms with E-state index in [2.05, 4.69) is 10.2 Å². The van der Waals surface area contributed by atoms with Crippen molar-refractivity contribution in [3.05, 3.63) is 17.5 Å². The van der Waals surface area contributed by atoms with Gasteiger partial charge in [-0.25, -0.2) is 4.79 Å². The molecule has 1 N–H and O–H groups in total. The van der Waals surface area contributed by atoms with Crippen molar-refractivity contribution in [1.29, 1.82) is 0 Å². The maximum atomic E-state index is 12.9. The van der Waals surface area contributed by atoms with Crippen LogP contribution in [0.25, 0.3) is 0 Å². The van der Waals surface area contributed by atoms with E-state index in [1.54, 1.807) is 11.9 Å². The maximum absolute atomic E-state index is 12.9. The van der Waals surface area contributed by atoms with Gasteiger partial charge in [0.05, 0.1) is 6.20 Å². The molecule has 3 amide bonds. The minimum Gasteiger partial charge on any atom is -0.313 e. The summed E-state index contributed by atoms with van der Waals surface area (Å²) in [6, 6.07) is -0.143. The number of nitrogens with zero attached hydrogens (tertiary/aromatic N) is 3. The highest BCUT2D eigenvalue weighted by molar-refractivity contribution is 6.07. The van der Waals surface area contributed by atoms with Crippen LogP contribution in [-0.4, -0.2) is 50.6 Å². The number of hydrogen-bond acceptors (Lipinski definition) is 3. The van der Waals surface area contributed by atoms with Crippen molar-refractivity contribution >= 4 is 11.9 Å². The zero-order chi connectivity index (χ0) is 14.6. The number of imide groups is 1. The van der Waals surface area contributed by atoms with Crippen LogP contribution in [0.3, 0.4) is 0 Å². The summed E-state index contributed by atoms with van der Waals surface area (Å²) in [6.45, 7) is 0. The Kier molecular flexibility index (Phi) is 2.65. The molecule has 1 aromatic rings. The predicted octanol–water partition coefficient (Wildman–Crippen LogP) is 1.47. The highest BCUT2D eigenvalue weighted by Crippen LogP contribution is 2.42. The molecule has 6 heteroatoms. The molecule has 1 saturated carbocycles. The molecule has 2 aliphatic carbocycles. The summed E-state index contributed by atoms with van der Waals surface area (Å²) in [5, 5.41) is 7.07. The van der Waals surface area contributed by atoms with Gasteiger partial charge in [-0.3, -0.25) is 14.8 Å². The number of aromatic amines is 1. The number of aryl methyl sites for hydroxylation is 1. The lowest BCUT2D eigenvalue weighted by molar-refractivity contribution is -0.134. The van der Waals surface area contributed by atoms with Gasteiger partial charge < -0.3 is 4.90 Å². The number of amides is 3. The van der Waals surface area contributed by atoms with E-state index in [1.807, 2.05) is 6.20 Å². The van der Waals surface area contributed by atoms with Gasteiger partial charge in [0.25, 0.3) is 5.91 Å². The van der Waals surface area contributed by atoms with Gasteiger partial charge >= 0.3 is 6.03 Å². The van der Waals surface area contributed by atoms with Gasteiger partial charge in [0.2, 0.25) is 0 Å². The van der Waals surface area contributed by atoms with Gasteiger partial charge in [-0.2, -0.15) is 5.10 Å². The predicted molar refractivity (Wildman–Crippen MR) is 75.6 cm³/mol. The molecule has 2 fully saturated rings. The molecule has 6 nitrogen and oxygen atoms in total. The molecular formula is C15H20N4O2. The van der Waals surface area contributed by atoms with Crippen molar-refractivity contribution in [2.24, 2.45) is 0 Å². The molecule has 3 aliphatic rings. The number of carbonyl (C=O) groups excluding carboxylic acids is 2. The summed E-state index contributed by atoms with van der Waals surface area (Å²) in [4.78, 5) is 28.8. The number of hydrogen-bond donors (Lipinski definition) is 1. The zero-order valence-corrected chi connectivity index (χ0v) is 12.3. The topological polar surface area (TPSA) is 69.3 Å². The first kappa shape index (κ1) is 12.9. The van der Waals surface area contributed by atoms with Crippen molar-refractivity contribution in [3.63, 3.8) is 0 Å². The van der Waals surface area contributed by atoms with Gasteiger partial charge in [0.1, 0.15) is 5.54 Å². The SMILES string of the molecule is CN1C(=O)N(C2CCc3cn[nH]c3C2)C(=O)C12CCCC2. The fourth-order valence-electron chi connectivity index (χ4n) is 4.24. The summed E-state index contributed by atoms with van der Waals surface area (Å²) in [5.41, 5.74) is 1.74. The quantitative estimate of drug-likeness (QED) is 0.796. The lowest BCUT2D eigenvalue weighted by Gasteiger charge is -2.29. The molecule has 1 saturated heterocycles.